The van der Waals surface area contributed by atoms with Gasteiger partial charge in [0, 0.05) is 0 Å². The van der Waals surface area contributed by atoms with Gasteiger partial charge in [-0.15, -0.1) is 0 Å². The fourth-order valence-electron chi connectivity index (χ4n) is 1.59. The second-order valence-corrected chi connectivity index (χ2v) is 5.90. The van der Waals surface area contributed by atoms with Gasteiger partial charge < -0.3 is 4.74 Å². The first-order valence-electron chi connectivity index (χ1n) is 6.18. The fraction of sp³-hybridized carbons (Fsp3) is 0.231. The number of nitrogens with one attached hydrogen (secondary N) is 1. The van der Waals surface area contributed by atoms with E-state index in [1.165, 1.54) is 36.7 Å². The monoisotopic (exact) mass is 311 g/mol. The summed E-state index contributed by atoms with van der Waals surface area (Å²) in [4.78, 5) is 7.72. The second-order valence-electron chi connectivity index (χ2n) is 4.17. The lowest BCUT2D eigenvalue weighted by molar-refractivity contribution is 0.312. The first-order chi connectivity index (χ1) is 9.98. The van der Waals surface area contributed by atoms with Crippen LogP contribution in [0, 0.1) is 5.82 Å². The van der Waals surface area contributed by atoms with E-state index in [-0.39, 0.29) is 17.5 Å². The van der Waals surface area contributed by atoms with Crippen LogP contribution in [-0.2, 0) is 15.8 Å². The number of hydrogen-bond donors (Lipinski definition) is 1. The molecule has 1 aromatic carbocycles. The van der Waals surface area contributed by atoms with Gasteiger partial charge in [-0.3, -0.25) is 4.72 Å². The quantitative estimate of drug-likeness (QED) is 0.882. The Balaban J connectivity index is 2.04. The van der Waals surface area contributed by atoms with Gasteiger partial charge in [-0.25, -0.2) is 22.8 Å². The third kappa shape index (κ3) is 4.67. The van der Waals surface area contributed by atoms with Gasteiger partial charge in [-0.05, 0) is 24.6 Å². The van der Waals surface area contributed by atoms with Crippen molar-refractivity contribution in [2.24, 2.45) is 0 Å². The van der Waals surface area contributed by atoms with Gasteiger partial charge >= 0.3 is 6.01 Å². The first-order valence-corrected chi connectivity index (χ1v) is 7.83. The predicted octanol–water partition coefficient (Wildman–Crippen LogP) is 1.96. The SMILES string of the molecule is CCOc1ncc(NS(=O)(=O)Cc2ccc(F)cc2)cn1. The van der Waals surface area contributed by atoms with Crippen LogP contribution in [0.4, 0.5) is 10.1 Å². The molecule has 21 heavy (non-hydrogen) atoms. The van der Waals surface area contributed by atoms with E-state index in [9.17, 15) is 12.8 Å². The molecule has 0 bridgehead atoms. The summed E-state index contributed by atoms with van der Waals surface area (Å²) >= 11 is 0. The number of hydrogen-bond acceptors (Lipinski definition) is 5. The van der Waals surface area contributed by atoms with E-state index in [0.29, 0.717) is 12.2 Å². The van der Waals surface area contributed by atoms with Crippen molar-refractivity contribution in [2.75, 3.05) is 11.3 Å². The van der Waals surface area contributed by atoms with Crippen molar-refractivity contribution in [1.29, 1.82) is 0 Å². The molecule has 0 atom stereocenters. The predicted molar refractivity (Wildman–Crippen MR) is 75.8 cm³/mol. The highest BCUT2D eigenvalue weighted by molar-refractivity contribution is 7.91. The lowest BCUT2D eigenvalue weighted by Gasteiger charge is -2.08. The van der Waals surface area contributed by atoms with Crippen molar-refractivity contribution in [3.63, 3.8) is 0 Å². The molecule has 1 aromatic heterocycles. The zero-order chi connectivity index (χ0) is 15.3. The Kier molecular flexibility index (Phi) is 4.69. The molecule has 0 radical (unpaired) electrons. The molecule has 2 rings (SSSR count). The molecule has 6 nitrogen and oxygen atoms in total. The van der Waals surface area contributed by atoms with Gasteiger partial charge in [0.25, 0.3) is 0 Å². The molecule has 0 saturated heterocycles. The van der Waals surface area contributed by atoms with Crippen molar-refractivity contribution in [3.05, 3.63) is 48.0 Å². The Labute approximate surface area is 122 Å². The topological polar surface area (TPSA) is 81.2 Å². The number of ether oxygens (including phenoxy) is 1. The van der Waals surface area contributed by atoms with E-state index in [1.54, 1.807) is 6.92 Å². The normalized spacial score (nSPS) is 11.1. The van der Waals surface area contributed by atoms with Crippen LogP contribution in [0.3, 0.4) is 0 Å². The standard InChI is InChI=1S/C13H14FN3O3S/c1-2-20-13-15-7-12(8-16-13)17-21(18,19)9-10-3-5-11(14)6-4-10/h3-8,17H,2,9H2,1H3. The maximum atomic E-state index is 12.8. The maximum absolute atomic E-state index is 12.8. The van der Waals surface area contributed by atoms with E-state index in [2.05, 4.69) is 14.7 Å². The summed E-state index contributed by atoms with van der Waals surface area (Å²) in [5.41, 5.74) is 0.719. The summed E-state index contributed by atoms with van der Waals surface area (Å²) in [6.45, 7) is 2.22. The van der Waals surface area contributed by atoms with Crippen LogP contribution in [0.2, 0.25) is 0 Å². The molecule has 2 aromatic rings. The highest BCUT2D eigenvalue weighted by Gasteiger charge is 2.12. The molecule has 8 heteroatoms. The molecular weight excluding hydrogens is 297 g/mol. The largest absolute Gasteiger partial charge is 0.464 e. The zero-order valence-electron chi connectivity index (χ0n) is 11.3. The molecule has 0 aliphatic heterocycles. The van der Waals surface area contributed by atoms with Gasteiger partial charge in [0.2, 0.25) is 10.0 Å². The Morgan fingerprint density at radius 1 is 1.19 bits per heavy atom. The Bertz CT molecular complexity index is 688. The highest BCUT2D eigenvalue weighted by atomic mass is 32.2. The number of benzene rings is 1. The smallest absolute Gasteiger partial charge is 0.316 e. The summed E-state index contributed by atoms with van der Waals surface area (Å²) in [6, 6.07) is 5.45. The van der Waals surface area contributed by atoms with E-state index >= 15 is 0 Å². The molecule has 0 aliphatic rings. The molecule has 0 spiro atoms. The minimum absolute atomic E-state index is 0.180. The van der Waals surface area contributed by atoms with E-state index in [4.69, 9.17) is 4.74 Å². The van der Waals surface area contributed by atoms with Crippen LogP contribution < -0.4 is 9.46 Å². The average Bonchev–Trinajstić information content (AvgIpc) is 2.43. The van der Waals surface area contributed by atoms with Crippen LogP contribution >= 0.6 is 0 Å². The van der Waals surface area contributed by atoms with E-state index in [1.807, 2.05) is 0 Å². The second kappa shape index (κ2) is 6.49. The minimum atomic E-state index is -3.62. The Morgan fingerprint density at radius 3 is 2.38 bits per heavy atom. The van der Waals surface area contributed by atoms with E-state index in [0.717, 1.165) is 0 Å². The number of aromatic nitrogens is 2. The molecular formula is C13H14FN3O3S. The van der Waals surface area contributed by atoms with Gasteiger partial charge in [0.05, 0.1) is 30.4 Å². The van der Waals surface area contributed by atoms with Gasteiger partial charge in [0.1, 0.15) is 5.82 Å². The van der Waals surface area contributed by atoms with Crippen LogP contribution in [0.5, 0.6) is 6.01 Å². The molecule has 1 N–H and O–H groups in total. The van der Waals surface area contributed by atoms with Crippen molar-refractivity contribution in [2.45, 2.75) is 12.7 Å². The Morgan fingerprint density at radius 2 is 1.81 bits per heavy atom. The lowest BCUT2D eigenvalue weighted by Crippen LogP contribution is -2.15. The minimum Gasteiger partial charge on any atom is -0.464 e. The van der Waals surface area contributed by atoms with Crippen LogP contribution in [0.15, 0.2) is 36.7 Å². The maximum Gasteiger partial charge on any atom is 0.316 e. The van der Waals surface area contributed by atoms with Gasteiger partial charge in [0.15, 0.2) is 0 Å². The van der Waals surface area contributed by atoms with E-state index < -0.39 is 15.8 Å². The number of sulfonamides is 1. The van der Waals surface area contributed by atoms with Crippen LogP contribution in [0.25, 0.3) is 0 Å². The number of halogens is 1. The lowest BCUT2D eigenvalue weighted by atomic mass is 10.2. The molecule has 0 fully saturated rings. The van der Waals surface area contributed by atoms with Crippen molar-refractivity contribution in [3.8, 4) is 6.01 Å². The highest BCUT2D eigenvalue weighted by Crippen LogP contribution is 2.13. The van der Waals surface area contributed by atoms with Gasteiger partial charge in [-0.2, -0.15) is 0 Å². The van der Waals surface area contributed by atoms with Gasteiger partial charge in [-0.1, -0.05) is 12.1 Å². The number of rotatable bonds is 6. The van der Waals surface area contributed by atoms with Crippen molar-refractivity contribution >= 4 is 15.7 Å². The summed E-state index contributed by atoms with van der Waals surface area (Å²) < 4.78 is 44.1. The summed E-state index contributed by atoms with van der Waals surface area (Å²) in [6.07, 6.45) is 2.64. The molecule has 1 heterocycles. The summed E-state index contributed by atoms with van der Waals surface area (Å²) in [7, 11) is -3.62. The molecule has 0 amide bonds. The fourth-order valence-corrected chi connectivity index (χ4v) is 2.76. The van der Waals surface area contributed by atoms with Crippen molar-refractivity contribution < 1.29 is 17.5 Å². The molecule has 112 valence electrons. The third-order valence-corrected chi connectivity index (χ3v) is 3.70. The molecule has 0 unspecified atom stereocenters. The number of nitrogens with zero attached hydrogens (tertiary/aromatic N) is 2. The number of anilines is 1. The summed E-state index contributed by atoms with van der Waals surface area (Å²) in [5.74, 6) is -0.676. The van der Waals surface area contributed by atoms with Crippen LogP contribution in [0.1, 0.15) is 12.5 Å². The summed E-state index contributed by atoms with van der Waals surface area (Å²) in [5, 5.41) is 0. The zero-order valence-corrected chi connectivity index (χ0v) is 12.1. The van der Waals surface area contributed by atoms with Crippen LogP contribution in [-0.4, -0.2) is 25.0 Å². The van der Waals surface area contributed by atoms with Crippen molar-refractivity contribution in [1.82, 2.24) is 9.97 Å². The average molecular weight is 311 g/mol. The molecule has 0 saturated carbocycles. The Hall–Kier alpha value is -2.22. The molecule has 0 aliphatic carbocycles. The first kappa shape index (κ1) is 15.2. The third-order valence-electron chi connectivity index (χ3n) is 2.44.